The van der Waals surface area contributed by atoms with Crippen LogP contribution >= 0.6 is 0 Å². The van der Waals surface area contributed by atoms with Crippen LogP contribution in [0.4, 0.5) is 0 Å². The Morgan fingerprint density at radius 2 is 0.985 bits per heavy atom. The van der Waals surface area contributed by atoms with Crippen molar-refractivity contribution in [3.63, 3.8) is 0 Å². The lowest BCUT2D eigenvalue weighted by atomic mass is 9.45. The average Bonchev–Trinajstić information content (AvgIpc) is 3.75. The van der Waals surface area contributed by atoms with Crippen molar-refractivity contribution in [1.82, 2.24) is 9.05 Å². The maximum atomic E-state index is 2.75. The number of hydrogen-bond acceptors (Lipinski definition) is 0. The number of aromatic nitrogens is 2. The monoisotopic (exact) mass is 840 g/mol. The fourth-order valence-corrected chi connectivity index (χ4v) is 12.4. The third-order valence-electron chi connectivity index (χ3n) is 15.1. The number of rotatable bonds is 3. The van der Waals surface area contributed by atoms with E-state index in [0.717, 1.165) is 0 Å². The summed E-state index contributed by atoms with van der Waals surface area (Å²) >= 11 is 0. The Labute approximate surface area is 384 Å². The summed E-state index contributed by atoms with van der Waals surface area (Å²) in [7, 11) is 0. The highest BCUT2D eigenvalue weighted by atomic mass is 15.0. The molecule has 0 aliphatic carbocycles. The van der Waals surface area contributed by atoms with Gasteiger partial charge < -0.3 is 9.05 Å². The second-order valence-corrected chi connectivity index (χ2v) is 21.8. The van der Waals surface area contributed by atoms with Gasteiger partial charge in [0, 0.05) is 49.4 Å². The minimum atomic E-state index is -0.0687. The van der Waals surface area contributed by atoms with Crippen LogP contribution in [0.1, 0.15) is 86.1 Å². The Morgan fingerprint density at radius 3 is 1.62 bits per heavy atom. The molecule has 12 rings (SSSR count). The van der Waals surface area contributed by atoms with Crippen LogP contribution in [0.3, 0.4) is 0 Å². The highest BCUT2D eigenvalue weighted by Gasteiger charge is 2.43. The van der Waals surface area contributed by atoms with Crippen LogP contribution in [-0.2, 0) is 10.8 Å². The summed E-state index contributed by atoms with van der Waals surface area (Å²) in [4.78, 5) is 0. The second kappa shape index (κ2) is 13.5. The van der Waals surface area contributed by atoms with Crippen molar-refractivity contribution < 1.29 is 0 Å². The molecule has 0 radical (unpaired) electrons. The Bertz CT molecular complexity index is 3680. The molecule has 0 N–H and O–H groups in total. The molecule has 65 heavy (non-hydrogen) atoms. The number of fused-ring (bicyclic) bond motifs is 10. The van der Waals surface area contributed by atoms with Crippen LogP contribution in [0.25, 0.3) is 93.8 Å². The van der Waals surface area contributed by atoms with E-state index in [1.807, 2.05) is 0 Å². The maximum absolute atomic E-state index is 2.75. The van der Waals surface area contributed by atoms with E-state index in [1.165, 1.54) is 149 Å². The number of aryl methyl sites for hydroxylation is 6. The Morgan fingerprint density at radius 1 is 0.415 bits per heavy atom. The molecule has 2 aliphatic heterocycles. The van der Waals surface area contributed by atoms with E-state index >= 15 is 0 Å². The van der Waals surface area contributed by atoms with Crippen molar-refractivity contribution in [3.05, 3.63) is 172 Å². The molecule has 0 amide bonds. The van der Waals surface area contributed by atoms with Gasteiger partial charge >= 0.3 is 6.85 Å². The van der Waals surface area contributed by atoms with Crippen molar-refractivity contribution in [1.29, 1.82) is 0 Å². The van der Waals surface area contributed by atoms with Gasteiger partial charge in [0.25, 0.3) is 0 Å². The van der Waals surface area contributed by atoms with E-state index in [1.54, 1.807) is 0 Å². The summed E-state index contributed by atoms with van der Waals surface area (Å²) < 4.78 is 5.42. The van der Waals surface area contributed by atoms with Crippen LogP contribution in [0.5, 0.6) is 0 Å². The second-order valence-electron chi connectivity index (χ2n) is 21.8. The quantitative estimate of drug-likeness (QED) is 0.157. The molecule has 2 aromatic heterocycles. The Hall–Kier alpha value is -6.58. The SMILES string of the molecule is Cc1cc(C)c(-c2ccc3c(c2)c2cc(-c4c(C)cc(C)cc4C)cc4c2n3B2c3c-4cccc3-n3c4c2cc(C(C)(C)C)cc4c2cc(C(C)(C)C)cc(-c4ccccc4)c23)c(C)c1. The van der Waals surface area contributed by atoms with Crippen LogP contribution in [-0.4, -0.2) is 15.9 Å². The summed E-state index contributed by atoms with van der Waals surface area (Å²) in [5.41, 5.74) is 30.2. The predicted octanol–water partition coefficient (Wildman–Crippen LogP) is 15.3. The van der Waals surface area contributed by atoms with Gasteiger partial charge in [-0.1, -0.05) is 132 Å². The van der Waals surface area contributed by atoms with Gasteiger partial charge in [0.15, 0.2) is 0 Å². The van der Waals surface area contributed by atoms with E-state index in [4.69, 9.17) is 0 Å². The molecule has 4 heterocycles. The van der Waals surface area contributed by atoms with Crippen molar-refractivity contribution >= 4 is 61.4 Å². The molecule has 2 nitrogen and oxygen atoms in total. The third kappa shape index (κ3) is 5.67. The zero-order valence-corrected chi connectivity index (χ0v) is 40.1. The first-order valence-electron chi connectivity index (χ1n) is 23.6. The van der Waals surface area contributed by atoms with Crippen molar-refractivity contribution in [2.75, 3.05) is 0 Å². The van der Waals surface area contributed by atoms with Gasteiger partial charge in [-0.25, -0.2) is 0 Å². The minimum Gasteiger partial charge on any atom is -0.375 e. The van der Waals surface area contributed by atoms with E-state index in [9.17, 15) is 0 Å². The molecule has 3 heteroatoms. The third-order valence-corrected chi connectivity index (χ3v) is 15.1. The molecular formula is C62H57BN2. The zero-order chi connectivity index (χ0) is 45.2. The minimum absolute atomic E-state index is 0.0278. The lowest BCUT2D eigenvalue weighted by Gasteiger charge is -2.35. The Kier molecular flexibility index (Phi) is 8.29. The van der Waals surface area contributed by atoms with Gasteiger partial charge in [-0.2, -0.15) is 0 Å². The van der Waals surface area contributed by atoms with Gasteiger partial charge in [-0.3, -0.25) is 0 Å². The molecule has 2 aliphatic rings. The van der Waals surface area contributed by atoms with E-state index in [2.05, 4.69) is 220 Å². The van der Waals surface area contributed by atoms with E-state index in [0.29, 0.717) is 0 Å². The van der Waals surface area contributed by atoms with Crippen molar-refractivity contribution in [3.8, 4) is 50.2 Å². The topological polar surface area (TPSA) is 9.86 Å². The summed E-state index contributed by atoms with van der Waals surface area (Å²) in [6.07, 6.45) is 0. The van der Waals surface area contributed by atoms with Crippen molar-refractivity contribution in [2.24, 2.45) is 0 Å². The van der Waals surface area contributed by atoms with Crippen LogP contribution in [0, 0.1) is 41.5 Å². The van der Waals surface area contributed by atoms with Crippen LogP contribution in [0.2, 0.25) is 0 Å². The van der Waals surface area contributed by atoms with Crippen LogP contribution < -0.4 is 10.9 Å². The van der Waals surface area contributed by atoms with Gasteiger partial charge in [0.05, 0.1) is 11.0 Å². The molecule has 318 valence electrons. The molecule has 0 atom stereocenters. The first-order valence-corrected chi connectivity index (χ1v) is 23.6. The fourth-order valence-electron chi connectivity index (χ4n) is 12.4. The molecule has 0 saturated heterocycles. The molecular weight excluding hydrogens is 784 g/mol. The van der Waals surface area contributed by atoms with Crippen LogP contribution in [0.15, 0.2) is 127 Å². The standard InChI is InChI=1S/C62H57BN2/c1-34-23-36(3)55(37(4)24-34)41-21-22-53-47(27-41)49-29-42(56-38(5)25-35(2)26-39(56)6)28-48-45-19-16-20-54-57(45)63(65(53)59(48)49)52-33-44(62(10,11)12)32-51-50-31-43(61(7,8)9)30-46(40-17-14-13-15-18-40)58(50)64(54)60(51)52/h13-33H,1-12H3. The summed E-state index contributed by atoms with van der Waals surface area (Å²) in [6, 6.07) is 50.2. The van der Waals surface area contributed by atoms with E-state index in [-0.39, 0.29) is 17.7 Å². The summed E-state index contributed by atoms with van der Waals surface area (Å²) in [6.45, 7) is 27.7. The average molecular weight is 841 g/mol. The van der Waals surface area contributed by atoms with Gasteiger partial charge in [0.1, 0.15) is 0 Å². The summed E-state index contributed by atoms with van der Waals surface area (Å²) in [5, 5.41) is 5.31. The summed E-state index contributed by atoms with van der Waals surface area (Å²) in [5.74, 6) is 0. The normalized spacial score (nSPS) is 13.2. The maximum Gasteiger partial charge on any atom is 0.333 e. The first-order chi connectivity index (χ1) is 31.0. The number of benzene rings is 8. The highest BCUT2D eigenvalue weighted by molar-refractivity contribution is 6.90. The smallest absolute Gasteiger partial charge is 0.333 e. The Balaban J connectivity index is 1.28. The van der Waals surface area contributed by atoms with Gasteiger partial charge in [0.2, 0.25) is 0 Å². The van der Waals surface area contributed by atoms with E-state index < -0.39 is 0 Å². The highest BCUT2D eigenvalue weighted by Crippen LogP contribution is 2.49. The van der Waals surface area contributed by atoms with Crippen molar-refractivity contribution in [2.45, 2.75) is 93.9 Å². The molecule has 0 fully saturated rings. The first kappa shape index (κ1) is 40.0. The fraction of sp³-hybridized carbons (Fsp3) is 0.226. The molecule has 10 aromatic rings. The molecule has 0 saturated carbocycles. The predicted molar refractivity (Wildman–Crippen MR) is 282 cm³/mol. The molecule has 8 aromatic carbocycles. The molecule has 0 bridgehead atoms. The number of nitrogens with zero attached hydrogens (tertiary/aromatic N) is 2. The number of hydrogen-bond donors (Lipinski definition) is 0. The lowest BCUT2D eigenvalue weighted by Crippen LogP contribution is -2.55. The largest absolute Gasteiger partial charge is 0.375 e. The van der Waals surface area contributed by atoms with Gasteiger partial charge in [-0.15, -0.1) is 0 Å². The molecule has 0 unspecified atom stereocenters. The zero-order valence-electron chi connectivity index (χ0n) is 40.1. The lowest BCUT2D eigenvalue weighted by molar-refractivity contribution is 0.591. The van der Waals surface area contributed by atoms with Gasteiger partial charge in [-0.05, 0) is 179 Å². The molecule has 0 spiro atoms.